The lowest BCUT2D eigenvalue weighted by atomic mass is 10.1. The molecule has 0 aromatic heterocycles. The third kappa shape index (κ3) is 3.68. The van der Waals surface area contributed by atoms with Crippen LogP contribution in [0.4, 0.5) is 0 Å². The van der Waals surface area contributed by atoms with Crippen LogP contribution in [0.1, 0.15) is 22.8 Å². The second-order valence-electron chi connectivity index (χ2n) is 3.47. The summed E-state index contributed by atoms with van der Waals surface area (Å²) in [6.07, 6.45) is 0. The molecule has 82 valence electrons. The Labute approximate surface area is 94.7 Å². The van der Waals surface area contributed by atoms with E-state index >= 15 is 0 Å². The van der Waals surface area contributed by atoms with Crippen LogP contribution in [0.5, 0.6) is 0 Å². The molecule has 0 aliphatic rings. The molecule has 0 saturated heterocycles. The van der Waals surface area contributed by atoms with E-state index in [0.717, 1.165) is 11.1 Å². The van der Waals surface area contributed by atoms with Gasteiger partial charge in [0, 0.05) is 11.3 Å². The quantitative estimate of drug-likeness (QED) is 0.780. The topological polar surface area (TPSA) is 37.3 Å². The molecular weight excluding hydrogens is 208 g/mol. The number of aliphatic hydroxyl groups excluding tert-OH is 1. The van der Waals surface area contributed by atoms with Crippen molar-refractivity contribution in [3.63, 3.8) is 0 Å². The highest BCUT2D eigenvalue weighted by Gasteiger charge is 2.14. The zero-order valence-electron chi connectivity index (χ0n) is 9.06. The zero-order chi connectivity index (χ0) is 11.3. The number of hydrogen-bond donors (Lipinski definition) is 1. The van der Waals surface area contributed by atoms with Crippen LogP contribution in [0.25, 0.3) is 0 Å². The lowest BCUT2D eigenvalue weighted by Gasteiger charge is -2.09. The van der Waals surface area contributed by atoms with Gasteiger partial charge in [-0.1, -0.05) is 29.8 Å². The standard InChI is InChI=1S/C12H16O2S/c1-9-3-5-11(6-4-9)12(14)10(2)15-8-7-13/h3-6,10,13H,7-8H2,1-2H3. The molecule has 0 amide bonds. The Morgan fingerprint density at radius 1 is 1.40 bits per heavy atom. The number of aliphatic hydroxyl groups is 1. The third-order valence-electron chi connectivity index (χ3n) is 2.16. The van der Waals surface area contributed by atoms with Gasteiger partial charge in [-0.25, -0.2) is 0 Å². The van der Waals surface area contributed by atoms with E-state index in [1.165, 1.54) is 11.8 Å². The van der Waals surface area contributed by atoms with Crippen molar-refractivity contribution in [1.29, 1.82) is 0 Å². The summed E-state index contributed by atoms with van der Waals surface area (Å²) in [6, 6.07) is 7.59. The van der Waals surface area contributed by atoms with Crippen LogP contribution in [0.15, 0.2) is 24.3 Å². The first-order valence-electron chi connectivity index (χ1n) is 4.98. The fourth-order valence-electron chi connectivity index (χ4n) is 1.26. The minimum atomic E-state index is -0.0835. The summed E-state index contributed by atoms with van der Waals surface area (Å²) in [5.41, 5.74) is 1.90. The van der Waals surface area contributed by atoms with E-state index in [1.54, 1.807) is 0 Å². The molecule has 1 aromatic carbocycles. The smallest absolute Gasteiger partial charge is 0.175 e. The Bertz CT molecular complexity index is 319. The van der Waals surface area contributed by atoms with Crippen LogP contribution < -0.4 is 0 Å². The highest BCUT2D eigenvalue weighted by atomic mass is 32.2. The van der Waals surface area contributed by atoms with Gasteiger partial charge in [-0.3, -0.25) is 4.79 Å². The predicted octanol–water partition coefficient (Wildman–Crippen LogP) is 2.29. The number of benzene rings is 1. The van der Waals surface area contributed by atoms with Gasteiger partial charge in [0.05, 0.1) is 11.9 Å². The molecule has 0 heterocycles. The number of ketones is 1. The Hall–Kier alpha value is -0.800. The lowest BCUT2D eigenvalue weighted by molar-refractivity contribution is 0.0994. The van der Waals surface area contributed by atoms with Crippen molar-refractivity contribution in [3.05, 3.63) is 35.4 Å². The van der Waals surface area contributed by atoms with Crippen LogP contribution in [0.2, 0.25) is 0 Å². The molecule has 1 N–H and O–H groups in total. The minimum absolute atomic E-state index is 0.0835. The maximum Gasteiger partial charge on any atom is 0.175 e. The van der Waals surface area contributed by atoms with Gasteiger partial charge >= 0.3 is 0 Å². The summed E-state index contributed by atoms with van der Waals surface area (Å²) in [5, 5.41) is 8.59. The van der Waals surface area contributed by atoms with Gasteiger partial charge < -0.3 is 5.11 Å². The second-order valence-corrected chi connectivity index (χ2v) is 4.92. The zero-order valence-corrected chi connectivity index (χ0v) is 9.88. The van der Waals surface area contributed by atoms with Gasteiger partial charge in [-0.05, 0) is 13.8 Å². The Kier molecular flexibility index (Phi) is 4.85. The van der Waals surface area contributed by atoms with Gasteiger partial charge in [0.2, 0.25) is 0 Å². The van der Waals surface area contributed by atoms with Gasteiger partial charge in [0.25, 0.3) is 0 Å². The Morgan fingerprint density at radius 2 is 2.00 bits per heavy atom. The SMILES string of the molecule is Cc1ccc(C(=O)C(C)SCCO)cc1. The first kappa shape index (κ1) is 12.3. The molecular formula is C12H16O2S. The maximum atomic E-state index is 11.9. The molecule has 1 aromatic rings. The Morgan fingerprint density at radius 3 is 2.53 bits per heavy atom. The molecule has 15 heavy (non-hydrogen) atoms. The number of Topliss-reactive ketones (excluding diaryl/α,β-unsaturated/α-hetero) is 1. The predicted molar refractivity (Wildman–Crippen MR) is 64.5 cm³/mol. The van der Waals surface area contributed by atoms with Crippen LogP contribution >= 0.6 is 11.8 Å². The van der Waals surface area contributed by atoms with Crippen molar-refractivity contribution < 1.29 is 9.90 Å². The van der Waals surface area contributed by atoms with Crippen LogP contribution in [-0.2, 0) is 0 Å². The van der Waals surface area contributed by atoms with E-state index in [2.05, 4.69) is 0 Å². The van der Waals surface area contributed by atoms with Gasteiger partial charge in [0.1, 0.15) is 0 Å². The maximum absolute atomic E-state index is 11.9. The largest absolute Gasteiger partial charge is 0.396 e. The van der Waals surface area contributed by atoms with E-state index in [0.29, 0.717) is 5.75 Å². The summed E-state index contributed by atoms with van der Waals surface area (Å²) in [6.45, 7) is 4.00. The van der Waals surface area contributed by atoms with Crippen molar-refractivity contribution in [3.8, 4) is 0 Å². The molecule has 0 fully saturated rings. The van der Waals surface area contributed by atoms with Crippen molar-refractivity contribution >= 4 is 17.5 Å². The minimum Gasteiger partial charge on any atom is -0.396 e. The molecule has 0 radical (unpaired) electrons. The average Bonchev–Trinajstić information content (AvgIpc) is 2.26. The second kappa shape index (κ2) is 5.93. The van der Waals surface area contributed by atoms with E-state index < -0.39 is 0 Å². The molecule has 3 heteroatoms. The number of aryl methyl sites for hydroxylation is 1. The molecule has 0 saturated carbocycles. The van der Waals surface area contributed by atoms with E-state index in [-0.39, 0.29) is 17.6 Å². The molecule has 1 rings (SSSR count). The highest BCUT2D eigenvalue weighted by molar-refractivity contribution is 8.00. The summed E-state index contributed by atoms with van der Waals surface area (Å²) in [5.74, 6) is 0.743. The number of carbonyl (C=O) groups excluding carboxylic acids is 1. The molecule has 1 unspecified atom stereocenters. The molecule has 0 bridgehead atoms. The molecule has 1 atom stereocenters. The number of hydrogen-bond acceptors (Lipinski definition) is 3. The normalized spacial score (nSPS) is 12.5. The first-order valence-corrected chi connectivity index (χ1v) is 6.03. The summed E-state index contributed by atoms with van der Waals surface area (Å²) in [7, 11) is 0. The van der Waals surface area contributed by atoms with Crippen LogP contribution in [0.3, 0.4) is 0 Å². The van der Waals surface area contributed by atoms with Crippen LogP contribution in [0, 0.1) is 6.92 Å². The van der Waals surface area contributed by atoms with E-state index in [9.17, 15) is 4.79 Å². The number of thioether (sulfide) groups is 1. The molecule has 0 aliphatic heterocycles. The third-order valence-corrected chi connectivity index (χ3v) is 3.30. The van der Waals surface area contributed by atoms with Gasteiger partial charge in [-0.2, -0.15) is 0 Å². The van der Waals surface area contributed by atoms with E-state index in [4.69, 9.17) is 5.11 Å². The lowest BCUT2D eigenvalue weighted by Crippen LogP contribution is -2.14. The van der Waals surface area contributed by atoms with Gasteiger partial charge in [0.15, 0.2) is 5.78 Å². The average molecular weight is 224 g/mol. The van der Waals surface area contributed by atoms with Crippen molar-refractivity contribution in [2.45, 2.75) is 19.1 Å². The molecule has 0 spiro atoms. The van der Waals surface area contributed by atoms with Crippen molar-refractivity contribution in [2.24, 2.45) is 0 Å². The molecule has 2 nitrogen and oxygen atoms in total. The monoisotopic (exact) mass is 224 g/mol. The first-order chi connectivity index (χ1) is 7.15. The van der Waals surface area contributed by atoms with Crippen molar-refractivity contribution in [1.82, 2.24) is 0 Å². The van der Waals surface area contributed by atoms with Gasteiger partial charge in [-0.15, -0.1) is 11.8 Å². The fraction of sp³-hybridized carbons (Fsp3) is 0.417. The summed E-state index contributed by atoms with van der Waals surface area (Å²) >= 11 is 1.48. The van der Waals surface area contributed by atoms with Crippen molar-refractivity contribution in [2.75, 3.05) is 12.4 Å². The van der Waals surface area contributed by atoms with Crippen LogP contribution in [-0.4, -0.2) is 28.5 Å². The number of rotatable bonds is 5. The molecule has 0 aliphatic carbocycles. The van der Waals surface area contributed by atoms with E-state index in [1.807, 2.05) is 38.1 Å². The fourth-order valence-corrected chi connectivity index (χ4v) is 2.00. The summed E-state index contributed by atoms with van der Waals surface area (Å²) < 4.78 is 0. The number of carbonyl (C=O) groups is 1. The summed E-state index contributed by atoms with van der Waals surface area (Å²) in [4.78, 5) is 11.9. The Balaban J connectivity index is 2.63. The highest BCUT2D eigenvalue weighted by Crippen LogP contribution is 2.16.